The zero-order valence-electron chi connectivity index (χ0n) is 13.1. The van der Waals surface area contributed by atoms with Crippen molar-refractivity contribution < 1.29 is 13.2 Å². The van der Waals surface area contributed by atoms with Gasteiger partial charge < -0.3 is 4.90 Å². The van der Waals surface area contributed by atoms with Crippen LogP contribution in [-0.4, -0.2) is 62.2 Å². The van der Waals surface area contributed by atoms with Crippen LogP contribution in [0.25, 0.3) is 5.69 Å². The van der Waals surface area contributed by atoms with Gasteiger partial charge in [-0.05, 0) is 48.2 Å². The first-order chi connectivity index (χ1) is 11.4. The van der Waals surface area contributed by atoms with E-state index in [1.165, 1.54) is 16.8 Å². The summed E-state index contributed by atoms with van der Waals surface area (Å²) in [4.78, 5) is 4.71. The summed E-state index contributed by atoms with van der Waals surface area (Å²) in [6.45, 7) is 2.61. The zero-order valence-corrected chi connectivity index (χ0v) is 13.1. The van der Waals surface area contributed by atoms with Crippen LogP contribution in [0.1, 0.15) is 17.8 Å². The van der Waals surface area contributed by atoms with Gasteiger partial charge in [-0.25, -0.2) is 0 Å². The number of piperazine rings is 1. The molecule has 2 fully saturated rings. The minimum atomic E-state index is -4.34. The summed E-state index contributed by atoms with van der Waals surface area (Å²) in [5, 5.41) is 11.7. The largest absolute Gasteiger partial charge is 0.416 e. The summed E-state index contributed by atoms with van der Waals surface area (Å²) in [7, 11) is 2.13. The number of halogens is 3. The number of rotatable bonds is 3. The molecule has 2 atom stereocenters. The van der Waals surface area contributed by atoms with Gasteiger partial charge in [-0.1, -0.05) is 0 Å². The van der Waals surface area contributed by atoms with Crippen LogP contribution < -0.4 is 0 Å². The number of hydrogen-bond donors (Lipinski definition) is 0. The highest BCUT2D eigenvalue weighted by Gasteiger charge is 2.41. The van der Waals surface area contributed by atoms with Crippen LogP contribution in [0.15, 0.2) is 24.3 Å². The Kier molecular flexibility index (Phi) is 3.57. The quantitative estimate of drug-likeness (QED) is 0.850. The molecule has 0 amide bonds. The monoisotopic (exact) mass is 338 g/mol. The SMILES string of the molecule is CN1CC2C[C@H]1CN2Cc1nnnn1-c1ccc(C(F)(F)F)cc1. The summed E-state index contributed by atoms with van der Waals surface area (Å²) in [5.74, 6) is 0.643. The van der Waals surface area contributed by atoms with E-state index in [-0.39, 0.29) is 0 Å². The molecule has 2 bridgehead atoms. The Bertz CT molecular complexity index is 724. The van der Waals surface area contributed by atoms with Crippen LogP contribution in [0.3, 0.4) is 0 Å². The Morgan fingerprint density at radius 3 is 2.46 bits per heavy atom. The lowest BCUT2D eigenvalue weighted by Gasteiger charge is -2.31. The van der Waals surface area contributed by atoms with Crippen molar-refractivity contribution in [1.29, 1.82) is 0 Å². The van der Waals surface area contributed by atoms with Gasteiger partial charge in [-0.15, -0.1) is 5.10 Å². The molecular weight excluding hydrogens is 321 g/mol. The lowest BCUT2D eigenvalue weighted by molar-refractivity contribution is -0.137. The van der Waals surface area contributed by atoms with E-state index in [2.05, 4.69) is 32.4 Å². The van der Waals surface area contributed by atoms with E-state index in [0.29, 0.717) is 30.1 Å². The molecule has 24 heavy (non-hydrogen) atoms. The first kappa shape index (κ1) is 15.5. The number of hydrogen-bond acceptors (Lipinski definition) is 5. The van der Waals surface area contributed by atoms with Gasteiger partial charge in [-0.2, -0.15) is 17.9 Å². The molecule has 0 saturated carbocycles. The van der Waals surface area contributed by atoms with Crippen molar-refractivity contribution in [3.05, 3.63) is 35.7 Å². The molecule has 0 spiro atoms. The van der Waals surface area contributed by atoms with Crippen molar-refractivity contribution in [2.75, 3.05) is 20.1 Å². The Morgan fingerprint density at radius 2 is 1.88 bits per heavy atom. The third-order valence-corrected chi connectivity index (χ3v) is 4.95. The highest BCUT2D eigenvalue weighted by atomic mass is 19.4. The lowest BCUT2D eigenvalue weighted by atomic mass is 10.2. The fraction of sp³-hybridized carbons (Fsp3) is 0.533. The minimum absolute atomic E-state index is 0.498. The number of likely N-dealkylation sites (N-methyl/N-ethyl adjacent to an activating group) is 1. The molecule has 0 radical (unpaired) electrons. The first-order valence-electron chi connectivity index (χ1n) is 7.81. The van der Waals surface area contributed by atoms with E-state index in [9.17, 15) is 13.2 Å². The van der Waals surface area contributed by atoms with Crippen molar-refractivity contribution in [3.63, 3.8) is 0 Å². The number of nitrogens with zero attached hydrogens (tertiary/aromatic N) is 6. The predicted octanol–water partition coefficient (Wildman–Crippen LogP) is 1.57. The number of tetrazole rings is 1. The van der Waals surface area contributed by atoms with Gasteiger partial charge in [0.1, 0.15) is 0 Å². The van der Waals surface area contributed by atoms with Crippen LogP contribution in [0.2, 0.25) is 0 Å². The smallest absolute Gasteiger partial charge is 0.301 e. The number of fused-ring (bicyclic) bond motifs is 2. The van der Waals surface area contributed by atoms with Gasteiger partial charge in [0.05, 0.1) is 17.8 Å². The number of benzene rings is 1. The molecule has 4 rings (SSSR count). The van der Waals surface area contributed by atoms with Gasteiger partial charge in [0.2, 0.25) is 0 Å². The molecule has 0 aliphatic carbocycles. The summed E-state index contributed by atoms with van der Waals surface area (Å²) < 4.78 is 39.5. The molecular formula is C15H17F3N6. The van der Waals surface area contributed by atoms with Gasteiger partial charge in [0, 0.05) is 25.2 Å². The molecule has 2 aromatic rings. The van der Waals surface area contributed by atoms with Crippen molar-refractivity contribution >= 4 is 0 Å². The molecule has 2 aliphatic rings. The first-order valence-corrected chi connectivity index (χ1v) is 7.81. The van der Waals surface area contributed by atoms with E-state index >= 15 is 0 Å². The molecule has 2 saturated heterocycles. The maximum atomic E-state index is 12.7. The van der Waals surface area contributed by atoms with Gasteiger partial charge in [-0.3, -0.25) is 4.90 Å². The number of alkyl halides is 3. The molecule has 1 unspecified atom stereocenters. The van der Waals surface area contributed by atoms with E-state index in [1.54, 1.807) is 0 Å². The molecule has 6 nitrogen and oxygen atoms in total. The average molecular weight is 338 g/mol. The summed E-state index contributed by atoms with van der Waals surface area (Å²) in [5.41, 5.74) is -0.148. The Labute approximate surface area is 136 Å². The van der Waals surface area contributed by atoms with E-state index in [0.717, 1.165) is 31.6 Å². The van der Waals surface area contributed by atoms with Gasteiger partial charge in [0.25, 0.3) is 0 Å². The number of aromatic nitrogens is 4. The molecule has 128 valence electrons. The van der Waals surface area contributed by atoms with E-state index in [4.69, 9.17) is 0 Å². The maximum absolute atomic E-state index is 12.7. The molecule has 1 aromatic carbocycles. The summed E-state index contributed by atoms with van der Waals surface area (Å²) in [6, 6.07) is 5.96. The molecule has 0 N–H and O–H groups in total. The topological polar surface area (TPSA) is 50.1 Å². The maximum Gasteiger partial charge on any atom is 0.416 e. The van der Waals surface area contributed by atoms with Gasteiger partial charge in [0.15, 0.2) is 5.82 Å². The second-order valence-electron chi connectivity index (χ2n) is 6.46. The summed E-state index contributed by atoms with van der Waals surface area (Å²) >= 11 is 0. The third kappa shape index (κ3) is 2.67. The second kappa shape index (κ2) is 5.52. The van der Waals surface area contributed by atoms with Crippen LogP contribution >= 0.6 is 0 Å². The second-order valence-corrected chi connectivity index (χ2v) is 6.46. The Balaban J connectivity index is 1.53. The van der Waals surface area contributed by atoms with E-state index in [1.807, 2.05) is 0 Å². The molecule has 9 heteroatoms. The van der Waals surface area contributed by atoms with Crippen molar-refractivity contribution in [2.45, 2.75) is 31.2 Å². The van der Waals surface area contributed by atoms with Crippen LogP contribution in [0, 0.1) is 0 Å². The average Bonchev–Trinajstić information content (AvgIpc) is 3.22. The minimum Gasteiger partial charge on any atom is -0.301 e. The Morgan fingerprint density at radius 1 is 1.12 bits per heavy atom. The van der Waals surface area contributed by atoms with Crippen molar-refractivity contribution in [3.8, 4) is 5.69 Å². The Hall–Kier alpha value is -2.00. The highest BCUT2D eigenvalue weighted by Crippen LogP contribution is 2.31. The van der Waals surface area contributed by atoms with Crippen LogP contribution in [0.4, 0.5) is 13.2 Å². The molecule has 1 aromatic heterocycles. The van der Waals surface area contributed by atoms with Crippen LogP contribution in [-0.2, 0) is 12.7 Å². The van der Waals surface area contributed by atoms with Crippen LogP contribution in [0.5, 0.6) is 0 Å². The number of likely N-dealkylation sites (tertiary alicyclic amines) is 2. The highest BCUT2D eigenvalue weighted by molar-refractivity contribution is 5.35. The lowest BCUT2D eigenvalue weighted by Crippen LogP contribution is -2.44. The molecule has 3 heterocycles. The fourth-order valence-electron chi connectivity index (χ4n) is 3.62. The van der Waals surface area contributed by atoms with Crippen molar-refractivity contribution in [2.24, 2.45) is 0 Å². The predicted molar refractivity (Wildman–Crippen MR) is 79.4 cm³/mol. The fourth-order valence-corrected chi connectivity index (χ4v) is 3.62. The molecule has 2 aliphatic heterocycles. The van der Waals surface area contributed by atoms with Gasteiger partial charge >= 0.3 is 6.18 Å². The normalized spacial score (nSPS) is 24.8. The summed E-state index contributed by atoms with van der Waals surface area (Å²) in [6.07, 6.45) is -3.19. The standard InChI is InChI=1S/C15H17F3N6/c1-22-7-13-6-12(22)8-23(13)9-14-19-20-21-24(14)11-4-2-10(3-5-11)15(16,17)18/h2-5,12-13H,6-9H2,1H3/t12-,13?/m0/s1. The van der Waals surface area contributed by atoms with Crippen molar-refractivity contribution in [1.82, 2.24) is 30.0 Å². The zero-order chi connectivity index (χ0) is 16.9. The third-order valence-electron chi connectivity index (χ3n) is 4.95. The van der Waals surface area contributed by atoms with E-state index < -0.39 is 11.7 Å².